The summed E-state index contributed by atoms with van der Waals surface area (Å²) >= 11 is 0. The molecule has 94 valence electrons. The second kappa shape index (κ2) is 6.20. The Kier molecular flexibility index (Phi) is 4.35. The number of aryl methyl sites for hydroxylation is 1. The zero-order valence-electron chi connectivity index (χ0n) is 10.8. The summed E-state index contributed by atoms with van der Waals surface area (Å²) in [7, 11) is 0. The van der Waals surface area contributed by atoms with Crippen LogP contribution in [0, 0.1) is 0 Å². The number of unbranched alkanes of at least 4 members (excludes halogenated alkanes) is 2. The van der Waals surface area contributed by atoms with Crippen LogP contribution < -0.4 is 5.43 Å². The third-order valence-corrected chi connectivity index (χ3v) is 3.16. The first-order valence-electron chi connectivity index (χ1n) is 6.58. The normalized spacial score (nSPS) is 10.5. The molecular weight excluding hydrogens is 222 g/mol. The smallest absolute Gasteiger partial charge is 0.192 e. The monoisotopic (exact) mass is 241 g/mol. The minimum atomic E-state index is 0.163. The van der Waals surface area contributed by atoms with Gasteiger partial charge in [-0.25, -0.2) is 0 Å². The number of H-pyrrole nitrogens is 1. The maximum Gasteiger partial charge on any atom is 0.192 e. The minimum Gasteiger partial charge on any atom is -0.367 e. The number of aromatic nitrogens is 1. The SMILES string of the molecule is CCCCCc1c[nH]cc(-c2ccccc2)c1=O. The number of hydrogen-bond donors (Lipinski definition) is 1. The third-order valence-electron chi connectivity index (χ3n) is 3.16. The fourth-order valence-corrected chi connectivity index (χ4v) is 2.11. The van der Waals surface area contributed by atoms with Crippen LogP contribution >= 0.6 is 0 Å². The minimum absolute atomic E-state index is 0.163. The summed E-state index contributed by atoms with van der Waals surface area (Å²) in [6.45, 7) is 2.17. The van der Waals surface area contributed by atoms with Crippen molar-refractivity contribution in [3.63, 3.8) is 0 Å². The highest BCUT2D eigenvalue weighted by molar-refractivity contribution is 5.62. The predicted octanol–water partition coefficient (Wildman–Crippen LogP) is 3.77. The van der Waals surface area contributed by atoms with Crippen molar-refractivity contribution in [1.29, 1.82) is 0 Å². The van der Waals surface area contributed by atoms with E-state index in [9.17, 15) is 4.79 Å². The first-order valence-corrected chi connectivity index (χ1v) is 6.58. The summed E-state index contributed by atoms with van der Waals surface area (Å²) in [6, 6.07) is 9.82. The maximum atomic E-state index is 12.3. The van der Waals surface area contributed by atoms with Gasteiger partial charge in [-0.1, -0.05) is 50.1 Å². The van der Waals surface area contributed by atoms with E-state index in [1.54, 1.807) is 6.20 Å². The number of benzene rings is 1. The molecule has 2 aromatic rings. The lowest BCUT2D eigenvalue weighted by molar-refractivity contribution is 0.714. The highest BCUT2D eigenvalue weighted by Crippen LogP contribution is 2.14. The van der Waals surface area contributed by atoms with Crippen molar-refractivity contribution in [3.05, 3.63) is 58.5 Å². The molecule has 0 saturated heterocycles. The molecule has 0 unspecified atom stereocenters. The Bertz CT molecular complexity index is 543. The molecule has 0 atom stereocenters. The maximum absolute atomic E-state index is 12.3. The average Bonchev–Trinajstić information content (AvgIpc) is 2.42. The molecule has 1 aromatic carbocycles. The Morgan fingerprint density at radius 3 is 2.56 bits per heavy atom. The van der Waals surface area contributed by atoms with Gasteiger partial charge in [0.1, 0.15) is 0 Å². The van der Waals surface area contributed by atoms with E-state index in [4.69, 9.17) is 0 Å². The molecule has 2 nitrogen and oxygen atoms in total. The number of aromatic amines is 1. The second-order valence-corrected chi connectivity index (χ2v) is 4.55. The number of hydrogen-bond acceptors (Lipinski definition) is 1. The van der Waals surface area contributed by atoms with Crippen LogP contribution in [0.15, 0.2) is 47.5 Å². The molecule has 0 saturated carbocycles. The highest BCUT2D eigenvalue weighted by Gasteiger charge is 2.06. The van der Waals surface area contributed by atoms with Crippen LogP contribution in [0.5, 0.6) is 0 Å². The summed E-state index contributed by atoms with van der Waals surface area (Å²) in [5, 5.41) is 0. The van der Waals surface area contributed by atoms with Gasteiger partial charge in [0.05, 0.1) is 0 Å². The fraction of sp³-hybridized carbons (Fsp3) is 0.312. The van der Waals surface area contributed by atoms with E-state index in [0.717, 1.165) is 29.5 Å². The van der Waals surface area contributed by atoms with E-state index in [-0.39, 0.29) is 5.43 Å². The first-order chi connectivity index (χ1) is 8.83. The lowest BCUT2D eigenvalue weighted by Gasteiger charge is -2.04. The van der Waals surface area contributed by atoms with Crippen LogP contribution in [0.2, 0.25) is 0 Å². The number of nitrogens with one attached hydrogen (secondary N) is 1. The van der Waals surface area contributed by atoms with Crippen LogP contribution in [0.4, 0.5) is 0 Å². The van der Waals surface area contributed by atoms with Crippen molar-refractivity contribution in [3.8, 4) is 11.1 Å². The van der Waals surface area contributed by atoms with Crippen LogP contribution in [-0.2, 0) is 6.42 Å². The summed E-state index contributed by atoms with van der Waals surface area (Å²) in [5.74, 6) is 0. The van der Waals surface area contributed by atoms with Crippen LogP contribution in [0.1, 0.15) is 31.7 Å². The topological polar surface area (TPSA) is 32.9 Å². The van der Waals surface area contributed by atoms with Gasteiger partial charge in [0.15, 0.2) is 5.43 Å². The summed E-state index contributed by atoms with van der Waals surface area (Å²) in [5.41, 5.74) is 2.81. The quantitative estimate of drug-likeness (QED) is 0.794. The lowest BCUT2D eigenvalue weighted by Crippen LogP contribution is -2.11. The molecular formula is C16H19NO. The Morgan fingerprint density at radius 1 is 1.06 bits per heavy atom. The molecule has 0 spiro atoms. The van der Waals surface area contributed by atoms with Gasteiger partial charge in [0.25, 0.3) is 0 Å². The number of pyridine rings is 1. The molecule has 2 rings (SSSR count). The fourth-order valence-electron chi connectivity index (χ4n) is 2.11. The zero-order valence-corrected chi connectivity index (χ0v) is 10.8. The van der Waals surface area contributed by atoms with Gasteiger partial charge in [-0.05, 0) is 18.4 Å². The van der Waals surface area contributed by atoms with E-state index in [1.807, 2.05) is 36.5 Å². The summed E-state index contributed by atoms with van der Waals surface area (Å²) in [4.78, 5) is 15.4. The zero-order chi connectivity index (χ0) is 12.8. The Labute approximate surface area is 108 Å². The average molecular weight is 241 g/mol. The van der Waals surface area contributed by atoms with Crippen molar-refractivity contribution in [2.75, 3.05) is 0 Å². The van der Waals surface area contributed by atoms with Crippen molar-refractivity contribution in [1.82, 2.24) is 4.98 Å². The molecule has 0 radical (unpaired) electrons. The molecule has 0 bridgehead atoms. The first kappa shape index (κ1) is 12.6. The molecule has 1 aromatic heterocycles. The molecule has 18 heavy (non-hydrogen) atoms. The van der Waals surface area contributed by atoms with Gasteiger partial charge in [-0.2, -0.15) is 0 Å². The third kappa shape index (κ3) is 2.89. The van der Waals surface area contributed by atoms with E-state index in [0.29, 0.717) is 0 Å². The van der Waals surface area contributed by atoms with Crippen molar-refractivity contribution in [2.45, 2.75) is 32.6 Å². The summed E-state index contributed by atoms with van der Waals surface area (Å²) in [6.07, 6.45) is 7.93. The Morgan fingerprint density at radius 2 is 1.83 bits per heavy atom. The molecule has 0 aliphatic carbocycles. The van der Waals surface area contributed by atoms with Gasteiger partial charge in [-0.3, -0.25) is 4.79 Å². The highest BCUT2D eigenvalue weighted by atomic mass is 16.1. The predicted molar refractivity (Wildman–Crippen MR) is 75.7 cm³/mol. The molecule has 0 fully saturated rings. The van der Waals surface area contributed by atoms with Crippen molar-refractivity contribution >= 4 is 0 Å². The van der Waals surface area contributed by atoms with Gasteiger partial charge in [0.2, 0.25) is 0 Å². The molecule has 1 N–H and O–H groups in total. The molecule has 2 heteroatoms. The van der Waals surface area contributed by atoms with E-state index < -0.39 is 0 Å². The van der Waals surface area contributed by atoms with E-state index in [2.05, 4.69) is 11.9 Å². The van der Waals surface area contributed by atoms with E-state index >= 15 is 0 Å². The van der Waals surface area contributed by atoms with Crippen molar-refractivity contribution in [2.24, 2.45) is 0 Å². The van der Waals surface area contributed by atoms with Gasteiger partial charge >= 0.3 is 0 Å². The Balaban J connectivity index is 2.28. The van der Waals surface area contributed by atoms with Gasteiger partial charge in [-0.15, -0.1) is 0 Å². The van der Waals surface area contributed by atoms with Crippen molar-refractivity contribution < 1.29 is 0 Å². The molecule has 0 aliphatic rings. The van der Waals surface area contributed by atoms with Gasteiger partial charge in [0, 0.05) is 23.5 Å². The van der Waals surface area contributed by atoms with Gasteiger partial charge < -0.3 is 4.98 Å². The number of rotatable bonds is 5. The largest absolute Gasteiger partial charge is 0.367 e. The molecule has 1 heterocycles. The summed E-state index contributed by atoms with van der Waals surface area (Å²) < 4.78 is 0. The van der Waals surface area contributed by atoms with Crippen LogP contribution in [0.25, 0.3) is 11.1 Å². The molecule has 0 aliphatic heterocycles. The lowest BCUT2D eigenvalue weighted by atomic mass is 10.0. The van der Waals surface area contributed by atoms with E-state index in [1.165, 1.54) is 12.8 Å². The second-order valence-electron chi connectivity index (χ2n) is 4.55. The Hall–Kier alpha value is -1.83. The molecule has 0 amide bonds. The standard InChI is InChI=1S/C16H19NO/c1-2-3-5-10-14-11-17-12-15(16(14)18)13-8-6-4-7-9-13/h4,6-9,11-12H,2-3,5,10H2,1H3,(H,17,18). The van der Waals surface area contributed by atoms with Crippen LogP contribution in [-0.4, -0.2) is 4.98 Å². The van der Waals surface area contributed by atoms with Crippen LogP contribution in [0.3, 0.4) is 0 Å².